The highest BCUT2D eigenvalue weighted by molar-refractivity contribution is 6.81. The molecule has 0 aromatic heterocycles. The molecule has 0 aliphatic rings. The van der Waals surface area contributed by atoms with Crippen LogP contribution in [0.5, 0.6) is 0 Å². The van der Waals surface area contributed by atoms with Crippen molar-refractivity contribution in [3.05, 3.63) is 0 Å². The van der Waals surface area contributed by atoms with Gasteiger partial charge < -0.3 is 4.98 Å². The summed E-state index contributed by atoms with van der Waals surface area (Å²) in [5.41, 5.74) is 2.43. The largest absolute Gasteiger partial charge is 0.334 e. The lowest BCUT2D eigenvalue weighted by molar-refractivity contribution is 0.656. The molecule has 0 amide bonds. The normalized spacial score (nSPS) is 13.7. The first kappa shape index (κ1) is 14.2. The highest BCUT2D eigenvalue weighted by Crippen LogP contribution is 2.39. The Balaban J connectivity index is 4.95. The molecular formula is C12H29NSi. The predicted molar refractivity (Wildman–Crippen MR) is 69.3 cm³/mol. The molecule has 0 fully saturated rings. The van der Waals surface area contributed by atoms with Gasteiger partial charge in [0.2, 0.25) is 0 Å². The van der Waals surface area contributed by atoms with E-state index in [1.54, 1.807) is 0 Å². The molecule has 0 aliphatic carbocycles. The van der Waals surface area contributed by atoms with Gasteiger partial charge >= 0.3 is 0 Å². The van der Waals surface area contributed by atoms with E-state index in [-0.39, 0.29) is 0 Å². The van der Waals surface area contributed by atoms with Crippen molar-refractivity contribution in [1.29, 1.82) is 0 Å². The van der Waals surface area contributed by atoms with Gasteiger partial charge in [0.25, 0.3) is 0 Å². The molecule has 0 rings (SSSR count). The minimum Gasteiger partial charge on any atom is -0.334 e. The van der Waals surface area contributed by atoms with Gasteiger partial charge in [-0.05, 0) is 22.7 Å². The van der Waals surface area contributed by atoms with E-state index < -0.39 is 8.24 Å². The van der Waals surface area contributed by atoms with Gasteiger partial charge in [0, 0.05) is 0 Å². The maximum Gasteiger partial charge on any atom is 0.133 e. The number of hydrogen-bond donors (Lipinski definition) is 1. The second-order valence-corrected chi connectivity index (χ2v) is 11.3. The summed E-state index contributed by atoms with van der Waals surface area (Å²) in [7, 11) is -1.34. The zero-order valence-corrected chi connectivity index (χ0v) is 12.3. The zero-order valence-electron chi connectivity index (χ0n) is 11.3. The minimum absolute atomic E-state index is 0.619. The van der Waals surface area contributed by atoms with Gasteiger partial charge in [-0.1, -0.05) is 55.4 Å². The standard InChI is InChI=1S/C12H29NSi/c1-9(2)13-14(10(3)4,11(5)6)12(7)8/h9-13H,1-8H3. The van der Waals surface area contributed by atoms with Crippen LogP contribution in [0.15, 0.2) is 0 Å². The molecule has 0 aromatic rings. The predicted octanol–water partition coefficient (Wildman–Crippen LogP) is 4.16. The molecule has 0 atom stereocenters. The Morgan fingerprint density at radius 1 is 0.643 bits per heavy atom. The smallest absolute Gasteiger partial charge is 0.133 e. The first-order valence-corrected chi connectivity index (χ1v) is 8.26. The van der Waals surface area contributed by atoms with Crippen molar-refractivity contribution in [2.24, 2.45) is 0 Å². The van der Waals surface area contributed by atoms with Gasteiger partial charge in [-0.15, -0.1) is 0 Å². The first-order chi connectivity index (χ1) is 6.25. The lowest BCUT2D eigenvalue weighted by Gasteiger charge is -2.45. The summed E-state index contributed by atoms with van der Waals surface area (Å²) in [6.07, 6.45) is 0. The van der Waals surface area contributed by atoms with Crippen LogP contribution in [0.25, 0.3) is 0 Å². The fraction of sp³-hybridized carbons (Fsp3) is 1.00. The number of hydrogen-bond acceptors (Lipinski definition) is 1. The van der Waals surface area contributed by atoms with Crippen molar-refractivity contribution < 1.29 is 0 Å². The fourth-order valence-corrected chi connectivity index (χ4v) is 9.00. The van der Waals surface area contributed by atoms with Crippen LogP contribution in [0.4, 0.5) is 0 Å². The zero-order chi connectivity index (χ0) is 11.5. The topological polar surface area (TPSA) is 12.0 Å². The monoisotopic (exact) mass is 215 g/mol. The second kappa shape index (κ2) is 5.31. The molecule has 0 radical (unpaired) electrons. The highest BCUT2D eigenvalue weighted by Gasteiger charge is 2.43. The Labute approximate surface area is 91.8 Å². The summed E-state index contributed by atoms with van der Waals surface area (Å²) >= 11 is 0. The van der Waals surface area contributed by atoms with E-state index in [4.69, 9.17) is 0 Å². The Bertz CT molecular complexity index is 140. The summed E-state index contributed by atoms with van der Waals surface area (Å²) in [6, 6.07) is 0.619. The molecule has 0 bridgehead atoms. The average Bonchev–Trinajstić information content (AvgIpc) is 1.97. The first-order valence-electron chi connectivity index (χ1n) is 6.02. The van der Waals surface area contributed by atoms with E-state index in [0.717, 1.165) is 16.6 Å². The maximum absolute atomic E-state index is 3.93. The summed E-state index contributed by atoms with van der Waals surface area (Å²) in [4.78, 5) is 3.93. The van der Waals surface area contributed by atoms with Crippen LogP contribution < -0.4 is 4.98 Å². The molecule has 0 saturated heterocycles. The van der Waals surface area contributed by atoms with Crippen LogP contribution >= 0.6 is 0 Å². The molecule has 0 aromatic carbocycles. The summed E-state index contributed by atoms with van der Waals surface area (Å²) in [5, 5.41) is 0. The van der Waals surface area contributed by atoms with Gasteiger partial charge in [-0.2, -0.15) is 0 Å². The molecule has 2 heteroatoms. The molecule has 14 heavy (non-hydrogen) atoms. The van der Waals surface area contributed by atoms with Crippen molar-refractivity contribution in [3.8, 4) is 0 Å². The SMILES string of the molecule is CC(C)N[Si](C(C)C)(C(C)C)C(C)C. The van der Waals surface area contributed by atoms with E-state index in [1.165, 1.54) is 0 Å². The van der Waals surface area contributed by atoms with Gasteiger partial charge in [-0.3, -0.25) is 0 Å². The Morgan fingerprint density at radius 3 is 1.00 bits per heavy atom. The molecule has 86 valence electrons. The molecule has 0 unspecified atom stereocenters. The van der Waals surface area contributed by atoms with E-state index in [1.807, 2.05) is 0 Å². The molecule has 0 saturated carbocycles. The Hall–Kier alpha value is 0.177. The Morgan fingerprint density at radius 2 is 0.929 bits per heavy atom. The lowest BCUT2D eigenvalue weighted by atomic mass is 10.4. The molecule has 0 aliphatic heterocycles. The third kappa shape index (κ3) is 2.83. The fourth-order valence-electron chi connectivity index (χ4n) is 3.00. The molecule has 1 N–H and O–H groups in total. The van der Waals surface area contributed by atoms with Gasteiger partial charge in [-0.25, -0.2) is 0 Å². The summed E-state index contributed by atoms with van der Waals surface area (Å²) in [5.74, 6) is 0. The van der Waals surface area contributed by atoms with Crippen molar-refractivity contribution in [1.82, 2.24) is 4.98 Å². The highest BCUT2D eigenvalue weighted by atomic mass is 28.3. The lowest BCUT2D eigenvalue weighted by Crippen LogP contribution is -2.60. The van der Waals surface area contributed by atoms with Crippen molar-refractivity contribution in [3.63, 3.8) is 0 Å². The number of nitrogens with one attached hydrogen (secondary N) is 1. The van der Waals surface area contributed by atoms with E-state index in [2.05, 4.69) is 60.4 Å². The number of rotatable bonds is 5. The van der Waals surface area contributed by atoms with E-state index >= 15 is 0 Å². The average molecular weight is 215 g/mol. The third-order valence-electron chi connectivity index (χ3n) is 3.40. The summed E-state index contributed by atoms with van der Waals surface area (Å²) < 4.78 is 0. The van der Waals surface area contributed by atoms with Crippen molar-refractivity contribution in [2.75, 3.05) is 0 Å². The minimum atomic E-state index is -1.34. The van der Waals surface area contributed by atoms with Crippen LogP contribution in [0.2, 0.25) is 16.6 Å². The summed E-state index contributed by atoms with van der Waals surface area (Å²) in [6.45, 7) is 18.9. The molecule has 0 spiro atoms. The molecule has 0 heterocycles. The van der Waals surface area contributed by atoms with Gasteiger partial charge in [0.15, 0.2) is 0 Å². The van der Waals surface area contributed by atoms with Crippen LogP contribution in [0.1, 0.15) is 55.4 Å². The Kier molecular flexibility index (Phi) is 5.38. The second-order valence-electron chi connectivity index (χ2n) is 5.70. The van der Waals surface area contributed by atoms with Gasteiger partial charge in [0.05, 0.1) is 0 Å². The molecule has 1 nitrogen and oxygen atoms in total. The van der Waals surface area contributed by atoms with Crippen LogP contribution in [-0.4, -0.2) is 14.3 Å². The van der Waals surface area contributed by atoms with Crippen LogP contribution in [-0.2, 0) is 0 Å². The van der Waals surface area contributed by atoms with E-state index in [9.17, 15) is 0 Å². The van der Waals surface area contributed by atoms with Crippen LogP contribution in [0, 0.1) is 0 Å². The van der Waals surface area contributed by atoms with E-state index in [0.29, 0.717) is 6.04 Å². The quantitative estimate of drug-likeness (QED) is 0.679. The van der Waals surface area contributed by atoms with Crippen molar-refractivity contribution in [2.45, 2.75) is 78.1 Å². The van der Waals surface area contributed by atoms with Crippen molar-refractivity contribution >= 4 is 8.24 Å². The third-order valence-corrected chi connectivity index (χ3v) is 10.2. The van der Waals surface area contributed by atoms with Gasteiger partial charge in [0.1, 0.15) is 8.24 Å². The maximum atomic E-state index is 3.93. The van der Waals surface area contributed by atoms with Crippen LogP contribution in [0.3, 0.4) is 0 Å². The molecular weight excluding hydrogens is 186 g/mol.